The summed E-state index contributed by atoms with van der Waals surface area (Å²) in [5, 5.41) is 0. The van der Waals surface area contributed by atoms with Crippen molar-refractivity contribution < 1.29 is 0 Å². The lowest BCUT2D eigenvalue weighted by Gasteiger charge is -2.25. The number of aromatic nitrogens is 3. The van der Waals surface area contributed by atoms with E-state index in [1.807, 2.05) is 0 Å². The van der Waals surface area contributed by atoms with Gasteiger partial charge in [-0.1, -0.05) is 6.92 Å². The molecule has 5 nitrogen and oxygen atoms in total. The summed E-state index contributed by atoms with van der Waals surface area (Å²) in [6.07, 6.45) is 3.83. The highest BCUT2D eigenvalue weighted by atomic mass is 16.2. The topological polar surface area (TPSA) is 48.9 Å². The van der Waals surface area contributed by atoms with E-state index in [-0.39, 0.29) is 23.5 Å². The summed E-state index contributed by atoms with van der Waals surface area (Å²) in [4.78, 5) is 24.6. The fourth-order valence-electron chi connectivity index (χ4n) is 5.37. The first kappa shape index (κ1) is 10.3. The van der Waals surface area contributed by atoms with Crippen molar-refractivity contribution in [2.75, 3.05) is 0 Å². The zero-order valence-electron chi connectivity index (χ0n) is 11.2. The van der Waals surface area contributed by atoms with Crippen molar-refractivity contribution >= 4 is 0 Å². The van der Waals surface area contributed by atoms with Crippen LogP contribution >= 0.6 is 0 Å². The van der Waals surface area contributed by atoms with Gasteiger partial charge in [0.15, 0.2) is 0 Å². The van der Waals surface area contributed by atoms with E-state index in [1.165, 1.54) is 35.0 Å². The second-order valence-corrected chi connectivity index (χ2v) is 6.68. The van der Waals surface area contributed by atoms with Gasteiger partial charge in [0, 0.05) is 13.0 Å². The van der Waals surface area contributed by atoms with Crippen LogP contribution in [-0.2, 0) is 7.05 Å². The molecule has 4 unspecified atom stereocenters. The molecule has 1 saturated carbocycles. The van der Waals surface area contributed by atoms with E-state index in [0.29, 0.717) is 17.8 Å². The van der Waals surface area contributed by atoms with E-state index in [9.17, 15) is 9.59 Å². The first-order valence-electron chi connectivity index (χ1n) is 7.25. The van der Waals surface area contributed by atoms with E-state index in [4.69, 9.17) is 0 Å². The Labute approximate surface area is 110 Å². The lowest BCUT2D eigenvalue weighted by atomic mass is 9.91. The molecule has 4 atom stereocenters. The van der Waals surface area contributed by atoms with Gasteiger partial charge in [0.25, 0.3) is 0 Å². The summed E-state index contributed by atoms with van der Waals surface area (Å²) in [5.74, 6) is 1.76. The first-order chi connectivity index (χ1) is 9.11. The zero-order valence-corrected chi connectivity index (χ0v) is 11.2. The molecule has 3 aliphatic carbocycles. The highest BCUT2D eigenvalue weighted by Gasteiger charge is 2.59. The van der Waals surface area contributed by atoms with Crippen LogP contribution in [-0.4, -0.2) is 13.9 Å². The smallest absolute Gasteiger partial charge is 0.246 e. The van der Waals surface area contributed by atoms with E-state index < -0.39 is 0 Å². The van der Waals surface area contributed by atoms with Crippen molar-refractivity contribution in [3.05, 3.63) is 32.1 Å². The predicted molar refractivity (Wildman–Crippen MR) is 69.0 cm³/mol. The van der Waals surface area contributed by atoms with Crippen LogP contribution in [0.1, 0.15) is 38.3 Å². The van der Waals surface area contributed by atoms with Crippen LogP contribution in [0.15, 0.2) is 20.7 Å². The highest BCUT2D eigenvalue weighted by Crippen LogP contribution is 2.65. The molecule has 4 aliphatic rings. The maximum atomic E-state index is 12.3. The molecule has 100 valence electrons. The molecule has 4 bridgehead atoms. The molecule has 5 heteroatoms. The van der Waals surface area contributed by atoms with Crippen LogP contribution in [0.5, 0.6) is 0 Å². The van der Waals surface area contributed by atoms with E-state index >= 15 is 0 Å². The average Bonchev–Trinajstić information content (AvgIpc) is 3.15. The molecule has 2 heterocycles. The molecule has 0 aromatic carbocycles. The summed E-state index contributed by atoms with van der Waals surface area (Å²) in [6, 6.07) is 0.327. The maximum Gasteiger partial charge on any atom is 0.347 e. The summed E-state index contributed by atoms with van der Waals surface area (Å²) < 4.78 is 4.75. The fraction of sp³-hybridized carbons (Fsp3) is 0.714. The Morgan fingerprint density at radius 1 is 0.947 bits per heavy atom. The van der Waals surface area contributed by atoms with Crippen LogP contribution in [0.25, 0.3) is 0 Å². The van der Waals surface area contributed by atoms with Gasteiger partial charge in [-0.15, -0.1) is 0 Å². The number of allylic oxidation sites excluding steroid dienone is 2. The van der Waals surface area contributed by atoms with Gasteiger partial charge in [-0.25, -0.2) is 23.5 Å². The van der Waals surface area contributed by atoms with Gasteiger partial charge < -0.3 is 0 Å². The van der Waals surface area contributed by atoms with Gasteiger partial charge in [-0.3, -0.25) is 0 Å². The standard InChI is InChI=1S/C14H17N3O2/c1-6-11-9-7-3-4-8(5-7)10(9)12(6)17-14(19)15(2)13(18)16(11)17/h6-8,11-12H,3-5H2,1-2H3. The summed E-state index contributed by atoms with van der Waals surface area (Å²) in [5.41, 5.74) is 2.78. The summed E-state index contributed by atoms with van der Waals surface area (Å²) in [6.45, 7) is 2.20. The number of fused-ring (bicyclic) bond motifs is 11. The Morgan fingerprint density at radius 2 is 1.42 bits per heavy atom. The molecule has 1 aliphatic heterocycles. The van der Waals surface area contributed by atoms with Crippen molar-refractivity contribution in [3.8, 4) is 0 Å². The van der Waals surface area contributed by atoms with Crippen molar-refractivity contribution in [1.82, 2.24) is 13.9 Å². The molecular formula is C14H17N3O2. The monoisotopic (exact) mass is 259 g/mol. The van der Waals surface area contributed by atoms with Gasteiger partial charge in [-0.2, -0.15) is 0 Å². The summed E-state index contributed by atoms with van der Waals surface area (Å²) >= 11 is 0. The van der Waals surface area contributed by atoms with E-state index in [2.05, 4.69) is 6.92 Å². The van der Waals surface area contributed by atoms with Crippen molar-refractivity contribution in [2.24, 2.45) is 24.8 Å². The average molecular weight is 259 g/mol. The minimum absolute atomic E-state index is 0.140. The quantitative estimate of drug-likeness (QED) is 0.511. The third-order valence-electron chi connectivity index (χ3n) is 6.00. The second-order valence-electron chi connectivity index (χ2n) is 6.68. The number of rotatable bonds is 0. The molecule has 0 saturated heterocycles. The number of hydrogen-bond acceptors (Lipinski definition) is 2. The van der Waals surface area contributed by atoms with Crippen molar-refractivity contribution in [2.45, 2.75) is 38.3 Å². The Balaban J connectivity index is 1.85. The summed E-state index contributed by atoms with van der Waals surface area (Å²) in [7, 11) is 1.59. The SMILES string of the molecule is CC1C2C3=C(C4CCC3C4)C1n1c(=O)n(C)c(=O)n12. The van der Waals surface area contributed by atoms with E-state index in [1.54, 1.807) is 16.4 Å². The third kappa shape index (κ3) is 0.857. The molecule has 0 spiro atoms. The van der Waals surface area contributed by atoms with Crippen LogP contribution in [0.2, 0.25) is 0 Å². The lowest BCUT2D eigenvalue weighted by Crippen LogP contribution is -2.30. The van der Waals surface area contributed by atoms with E-state index in [0.717, 1.165) is 0 Å². The molecule has 1 fully saturated rings. The lowest BCUT2D eigenvalue weighted by molar-refractivity contribution is 0.415. The van der Waals surface area contributed by atoms with Gasteiger partial charge >= 0.3 is 11.4 Å². The third-order valence-corrected chi connectivity index (χ3v) is 6.00. The van der Waals surface area contributed by atoms with Gasteiger partial charge in [0.2, 0.25) is 0 Å². The van der Waals surface area contributed by atoms with Gasteiger partial charge in [0.1, 0.15) is 0 Å². The molecule has 0 N–H and O–H groups in total. The minimum Gasteiger partial charge on any atom is -0.246 e. The van der Waals surface area contributed by atoms with Crippen LogP contribution < -0.4 is 11.4 Å². The molecule has 0 radical (unpaired) electrons. The second kappa shape index (κ2) is 2.81. The maximum absolute atomic E-state index is 12.3. The normalized spacial score (nSPS) is 41.3. The fourth-order valence-corrected chi connectivity index (χ4v) is 5.37. The molecule has 19 heavy (non-hydrogen) atoms. The van der Waals surface area contributed by atoms with Crippen LogP contribution in [0.3, 0.4) is 0 Å². The first-order valence-corrected chi connectivity index (χ1v) is 7.25. The molecular weight excluding hydrogens is 242 g/mol. The Hall–Kier alpha value is -1.52. The highest BCUT2D eigenvalue weighted by molar-refractivity contribution is 5.43. The minimum atomic E-state index is -0.140. The zero-order chi connectivity index (χ0) is 13.0. The molecule has 1 aromatic heterocycles. The Bertz CT molecular complexity index is 703. The Morgan fingerprint density at radius 3 is 1.89 bits per heavy atom. The largest absolute Gasteiger partial charge is 0.347 e. The molecule has 0 amide bonds. The number of nitrogens with zero attached hydrogens (tertiary/aromatic N) is 3. The Kier molecular flexibility index (Phi) is 1.52. The molecule has 1 aromatic rings. The van der Waals surface area contributed by atoms with Crippen molar-refractivity contribution in [1.29, 1.82) is 0 Å². The van der Waals surface area contributed by atoms with Crippen molar-refractivity contribution in [3.63, 3.8) is 0 Å². The molecule has 5 rings (SSSR count). The van der Waals surface area contributed by atoms with Gasteiger partial charge in [-0.05, 0) is 42.2 Å². The predicted octanol–water partition coefficient (Wildman–Crippen LogP) is 0.820. The van der Waals surface area contributed by atoms with Crippen LogP contribution in [0, 0.1) is 17.8 Å². The number of hydrogen-bond donors (Lipinski definition) is 0. The van der Waals surface area contributed by atoms with Crippen LogP contribution in [0.4, 0.5) is 0 Å². The van der Waals surface area contributed by atoms with Gasteiger partial charge in [0.05, 0.1) is 12.1 Å².